The van der Waals surface area contributed by atoms with Crippen LogP contribution in [0.1, 0.15) is 19.0 Å². The molecule has 0 aliphatic carbocycles. The molecular formula is C10H14N2OS. The molecule has 2 rings (SSSR count). The van der Waals surface area contributed by atoms with Crippen LogP contribution in [0.15, 0.2) is 17.4 Å². The summed E-state index contributed by atoms with van der Waals surface area (Å²) in [6, 6.07) is 2.02. The van der Waals surface area contributed by atoms with Crippen LogP contribution in [0.2, 0.25) is 0 Å². The standard InChI is InChI=1S/C10H14N2OS/c1-7-5-10(12-6-11-7)14-9-3-4-13-8(9)2/h5-6,8-9H,3-4H2,1-2H3/t8-,9-/m1/s1. The molecule has 14 heavy (non-hydrogen) atoms. The molecule has 0 radical (unpaired) electrons. The number of thioether (sulfide) groups is 1. The van der Waals surface area contributed by atoms with E-state index < -0.39 is 0 Å². The van der Waals surface area contributed by atoms with Crippen molar-refractivity contribution >= 4 is 11.8 Å². The molecule has 0 N–H and O–H groups in total. The molecule has 1 aromatic heterocycles. The highest BCUT2D eigenvalue weighted by atomic mass is 32.2. The molecule has 1 aliphatic heterocycles. The Morgan fingerprint density at radius 1 is 1.50 bits per heavy atom. The molecule has 0 saturated carbocycles. The minimum atomic E-state index is 0.343. The van der Waals surface area contributed by atoms with E-state index in [0.717, 1.165) is 23.7 Å². The molecule has 3 nitrogen and oxygen atoms in total. The molecular weight excluding hydrogens is 196 g/mol. The second kappa shape index (κ2) is 4.28. The van der Waals surface area contributed by atoms with E-state index in [1.165, 1.54) is 0 Å². The van der Waals surface area contributed by atoms with E-state index in [2.05, 4.69) is 16.9 Å². The van der Waals surface area contributed by atoms with Crippen molar-refractivity contribution in [3.8, 4) is 0 Å². The van der Waals surface area contributed by atoms with Crippen LogP contribution in [-0.4, -0.2) is 27.9 Å². The van der Waals surface area contributed by atoms with Crippen LogP contribution in [0.4, 0.5) is 0 Å². The van der Waals surface area contributed by atoms with Gasteiger partial charge in [0.05, 0.1) is 11.1 Å². The van der Waals surface area contributed by atoms with Crippen LogP contribution in [0.3, 0.4) is 0 Å². The van der Waals surface area contributed by atoms with Crippen LogP contribution in [0.5, 0.6) is 0 Å². The molecule has 1 fully saturated rings. The lowest BCUT2D eigenvalue weighted by Gasteiger charge is -2.12. The van der Waals surface area contributed by atoms with E-state index in [1.54, 1.807) is 18.1 Å². The van der Waals surface area contributed by atoms with Gasteiger partial charge in [0, 0.05) is 17.6 Å². The van der Waals surface area contributed by atoms with Gasteiger partial charge in [0.25, 0.3) is 0 Å². The minimum Gasteiger partial charge on any atom is -0.377 e. The quantitative estimate of drug-likeness (QED) is 0.700. The normalized spacial score (nSPS) is 26.7. The van der Waals surface area contributed by atoms with Gasteiger partial charge in [-0.2, -0.15) is 0 Å². The van der Waals surface area contributed by atoms with Crippen molar-refractivity contribution in [2.24, 2.45) is 0 Å². The number of hydrogen-bond donors (Lipinski definition) is 0. The van der Waals surface area contributed by atoms with Crippen LogP contribution in [-0.2, 0) is 4.74 Å². The van der Waals surface area contributed by atoms with Crippen LogP contribution in [0.25, 0.3) is 0 Å². The predicted octanol–water partition coefficient (Wildman–Crippen LogP) is 2.05. The Bertz CT molecular complexity index is 319. The third-order valence-electron chi connectivity index (χ3n) is 2.36. The van der Waals surface area contributed by atoms with Gasteiger partial charge in [0.1, 0.15) is 6.33 Å². The van der Waals surface area contributed by atoms with Crippen molar-refractivity contribution in [2.45, 2.75) is 36.6 Å². The Labute approximate surface area is 88.3 Å². The Hall–Kier alpha value is -0.610. The fourth-order valence-electron chi connectivity index (χ4n) is 1.52. The second-order valence-electron chi connectivity index (χ2n) is 3.52. The molecule has 0 amide bonds. The molecule has 4 heteroatoms. The Morgan fingerprint density at radius 2 is 2.36 bits per heavy atom. The van der Waals surface area contributed by atoms with E-state index in [-0.39, 0.29) is 0 Å². The number of rotatable bonds is 2. The summed E-state index contributed by atoms with van der Waals surface area (Å²) in [5, 5.41) is 1.60. The number of aromatic nitrogens is 2. The first kappa shape index (κ1) is 9.93. The van der Waals surface area contributed by atoms with Crippen molar-refractivity contribution in [3.05, 3.63) is 18.1 Å². The smallest absolute Gasteiger partial charge is 0.116 e. The fraction of sp³-hybridized carbons (Fsp3) is 0.600. The van der Waals surface area contributed by atoms with Gasteiger partial charge in [-0.3, -0.25) is 0 Å². The summed E-state index contributed by atoms with van der Waals surface area (Å²) < 4.78 is 5.50. The second-order valence-corrected chi connectivity index (χ2v) is 4.78. The molecule has 0 aromatic carbocycles. The highest BCUT2D eigenvalue weighted by Crippen LogP contribution is 2.31. The molecule has 0 spiro atoms. The maximum absolute atomic E-state index is 5.50. The van der Waals surface area contributed by atoms with E-state index in [4.69, 9.17) is 4.74 Å². The Kier molecular flexibility index (Phi) is 3.03. The first-order valence-electron chi connectivity index (χ1n) is 4.82. The molecule has 76 valence electrons. The largest absolute Gasteiger partial charge is 0.377 e. The average Bonchev–Trinajstić information content (AvgIpc) is 2.52. The van der Waals surface area contributed by atoms with Gasteiger partial charge in [-0.05, 0) is 26.3 Å². The highest BCUT2D eigenvalue weighted by Gasteiger charge is 2.25. The molecule has 2 atom stereocenters. The van der Waals surface area contributed by atoms with E-state index >= 15 is 0 Å². The first-order chi connectivity index (χ1) is 6.75. The predicted molar refractivity (Wildman–Crippen MR) is 56.4 cm³/mol. The molecule has 0 bridgehead atoms. The van der Waals surface area contributed by atoms with E-state index in [0.29, 0.717) is 11.4 Å². The third kappa shape index (κ3) is 2.25. The van der Waals surface area contributed by atoms with E-state index in [1.807, 2.05) is 13.0 Å². The van der Waals surface area contributed by atoms with Gasteiger partial charge >= 0.3 is 0 Å². The van der Waals surface area contributed by atoms with E-state index in [9.17, 15) is 0 Å². The van der Waals surface area contributed by atoms with Gasteiger partial charge in [-0.15, -0.1) is 11.8 Å². The summed E-state index contributed by atoms with van der Waals surface area (Å²) in [4.78, 5) is 8.31. The average molecular weight is 210 g/mol. The summed E-state index contributed by atoms with van der Waals surface area (Å²) >= 11 is 1.80. The van der Waals surface area contributed by atoms with Crippen molar-refractivity contribution in [3.63, 3.8) is 0 Å². The molecule has 1 aromatic rings. The molecule has 2 heterocycles. The fourth-order valence-corrected chi connectivity index (χ4v) is 2.66. The SMILES string of the molecule is Cc1cc(S[C@@H]2CCO[C@@H]2C)ncn1. The molecule has 1 saturated heterocycles. The monoisotopic (exact) mass is 210 g/mol. The zero-order valence-corrected chi connectivity index (χ0v) is 9.25. The van der Waals surface area contributed by atoms with Gasteiger partial charge < -0.3 is 4.74 Å². The lowest BCUT2D eigenvalue weighted by atomic mass is 10.3. The van der Waals surface area contributed by atoms with Gasteiger partial charge in [-0.1, -0.05) is 0 Å². The zero-order valence-electron chi connectivity index (χ0n) is 8.43. The zero-order chi connectivity index (χ0) is 9.97. The number of hydrogen-bond acceptors (Lipinski definition) is 4. The number of aryl methyl sites for hydroxylation is 1. The van der Waals surface area contributed by atoms with Crippen molar-refractivity contribution in [1.82, 2.24) is 9.97 Å². The van der Waals surface area contributed by atoms with Gasteiger partial charge in [0.2, 0.25) is 0 Å². The Morgan fingerprint density at radius 3 is 3.00 bits per heavy atom. The lowest BCUT2D eigenvalue weighted by Crippen LogP contribution is -2.13. The van der Waals surface area contributed by atoms with Crippen molar-refractivity contribution in [1.29, 1.82) is 0 Å². The Balaban J connectivity index is 2.03. The third-order valence-corrected chi connectivity index (χ3v) is 3.74. The number of nitrogens with zero attached hydrogens (tertiary/aromatic N) is 2. The summed E-state index contributed by atoms with van der Waals surface area (Å²) in [7, 11) is 0. The van der Waals surface area contributed by atoms with Crippen molar-refractivity contribution < 1.29 is 4.74 Å². The lowest BCUT2D eigenvalue weighted by molar-refractivity contribution is 0.127. The maximum atomic E-state index is 5.50. The number of ether oxygens (including phenoxy) is 1. The van der Waals surface area contributed by atoms with Crippen LogP contribution < -0.4 is 0 Å². The van der Waals surface area contributed by atoms with Crippen molar-refractivity contribution in [2.75, 3.05) is 6.61 Å². The minimum absolute atomic E-state index is 0.343. The van der Waals surface area contributed by atoms with Crippen LogP contribution >= 0.6 is 11.8 Å². The summed E-state index contributed by atoms with van der Waals surface area (Å²) in [6.07, 6.45) is 3.09. The summed E-state index contributed by atoms with van der Waals surface area (Å²) in [5.74, 6) is 0. The van der Waals surface area contributed by atoms with Gasteiger partial charge in [0.15, 0.2) is 0 Å². The maximum Gasteiger partial charge on any atom is 0.116 e. The van der Waals surface area contributed by atoms with Crippen LogP contribution in [0, 0.1) is 6.92 Å². The summed E-state index contributed by atoms with van der Waals surface area (Å²) in [5.41, 5.74) is 1.02. The molecule has 0 unspecified atom stereocenters. The topological polar surface area (TPSA) is 35.0 Å². The highest BCUT2D eigenvalue weighted by molar-refractivity contribution is 7.99. The summed E-state index contributed by atoms with van der Waals surface area (Å²) in [6.45, 7) is 4.99. The molecule has 1 aliphatic rings. The first-order valence-corrected chi connectivity index (χ1v) is 5.70. The van der Waals surface area contributed by atoms with Gasteiger partial charge in [-0.25, -0.2) is 9.97 Å².